The van der Waals surface area contributed by atoms with E-state index < -0.39 is 0 Å². The lowest BCUT2D eigenvalue weighted by Crippen LogP contribution is -2.12. The Morgan fingerprint density at radius 1 is 1.24 bits per heavy atom. The molecule has 2 N–H and O–H groups in total. The molecule has 0 aliphatic heterocycles. The van der Waals surface area contributed by atoms with Gasteiger partial charge in [-0.1, -0.05) is 23.2 Å². The van der Waals surface area contributed by atoms with Crippen molar-refractivity contribution in [3.05, 3.63) is 27.7 Å². The SMILES string of the molecule is CCOC(=O)CCCC(N)c1cc(Cl)c(OCC)cc1Cl. The molecule has 0 aromatic heterocycles. The van der Waals surface area contributed by atoms with Crippen LogP contribution in [-0.2, 0) is 9.53 Å². The molecule has 21 heavy (non-hydrogen) atoms. The molecule has 4 nitrogen and oxygen atoms in total. The topological polar surface area (TPSA) is 61.5 Å². The Hall–Kier alpha value is -0.970. The van der Waals surface area contributed by atoms with E-state index in [1.54, 1.807) is 19.1 Å². The van der Waals surface area contributed by atoms with E-state index in [1.165, 1.54) is 0 Å². The first-order chi connectivity index (χ1) is 9.99. The van der Waals surface area contributed by atoms with E-state index in [0.29, 0.717) is 48.3 Å². The zero-order valence-corrected chi connectivity index (χ0v) is 13.8. The van der Waals surface area contributed by atoms with Crippen LogP contribution in [0.1, 0.15) is 44.7 Å². The fourth-order valence-corrected chi connectivity index (χ4v) is 2.47. The molecular formula is C15H21Cl2NO3. The maximum Gasteiger partial charge on any atom is 0.305 e. The molecule has 0 fully saturated rings. The van der Waals surface area contributed by atoms with Crippen LogP contribution in [0.25, 0.3) is 0 Å². The van der Waals surface area contributed by atoms with Gasteiger partial charge in [-0.3, -0.25) is 4.79 Å². The molecule has 1 aromatic rings. The lowest BCUT2D eigenvalue weighted by Gasteiger charge is -2.16. The minimum Gasteiger partial charge on any atom is -0.492 e. The van der Waals surface area contributed by atoms with Crippen LogP contribution in [0.3, 0.4) is 0 Å². The van der Waals surface area contributed by atoms with Crippen molar-refractivity contribution in [2.45, 2.75) is 39.2 Å². The van der Waals surface area contributed by atoms with Gasteiger partial charge in [-0.05, 0) is 38.3 Å². The predicted molar refractivity (Wildman–Crippen MR) is 85.0 cm³/mol. The number of hydrogen-bond acceptors (Lipinski definition) is 4. The van der Waals surface area contributed by atoms with Crippen molar-refractivity contribution < 1.29 is 14.3 Å². The summed E-state index contributed by atoms with van der Waals surface area (Å²) in [5, 5.41) is 1.00. The molecule has 0 radical (unpaired) electrons. The molecule has 0 heterocycles. The summed E-state index contributed by atoms with van der Waals surface area (Å²) < 4.78 is 10.2. The van der Waals surface area contributed by atoms with Crippen LogP contribution in [0, 0.1) is 0 Å². The van der Waals surface area contributed by atoms with E-state index in [1.807, 2.05) is 6.92 Å². The molecule has 0 aliphatic rings. The van der Waals surface area contributed by atoms with Gasteiger partial charge in [-0.15, -0.1) is 0 Å². The Morgan fingerprint density at radius 3 is 2.57 bits per heavy atom. The first-order valence-corrected chi connectivity index (χ1v) is 7.78. The Balaban J connectivity index is 2.63. The minimum atomic E-state index is -0.278. The molecule has 0 saturated heterocycles. The van der Waals surface area contributed by atoms with E-state index in [-0.39, 0.29) is 12.0 Å². The first-order valence-electron chi connectivity index (χ1n) is 7.02. The van der Waals surface area contributed by atoms with Gasteiger partial charge in [0.2, 0.25) is 0 Å². The summed E-state index contributed by atoms with van der Waals surface area (Å²) in [4.78, 5) is 11.3. The molecule has 0 spiro atoms. The number of rotatable bonds is 8. The van der Waals surface area contributed by atoms with Gasteiger partial charge in [0, 0.05) is 23.6 Å². The highest BCUT2D eigenvalue weighted by atomic mass is 35.5. The van der Waals surface area contributed by atoms with Crippen molar-refractivity contribution in [2.75, 3.05) is 13.2 Å². The lowest BCUT2D eigenvalue weighted by atomic mass is 10.0. The summed E-state index contributed by atoms with van der Waals surface area (Å²) >= 11 is 12.3. The third kappa shape index (κ3) is 5.73. The quantitative estimate of drug-likeness (QED) is 0.726. The average molecular weight is 334 g/mol. The van der Waals surface area contributed by atoms with Gasteiger partial charge in [-0.2, -0.15) is 0 Å². The van der Waals surface area contributed by atoms with Gasteiger partial charge in [0.05, 0.1) is 18.2 Å². The normalized spacial score (nSPS) is 12.0. The molecule has 1 unspecified atom stereocenters. The number of carbonyl (C=O) groups excluding carboxylic acids is 1. The van der Waals surface area contributed by atoms with Crippen molar-refractivity contribution in [3.8, 4) is 5.75 Å². The number of nitrogens with two attached hydrogens (primary N) is 1. The zero-order valence-electron chi connectivity index (χ0n) is 12.3. The van der Waals surface area contributed by atoms with Crippen LogP contribution in [0.15, 0.2) is 12.1 Å². The molecule has 6 heteroatoms. The second kappa shape index (κ2) is 9.13. The molecular weight excluding hydrogens is 313 g/mol. The van der Waals surface area contributed by atoms with Crippen molar-refractivity contribution in [1.82, 2.24) is 0 Å². The molecule has 0 saturated carbocycles. The summed E-state index contributed by atoms with van der Waals surface area (Å²) in [6.07, 6.45) is 1.62. The number of esters is 1. The van der Waals surface area contributed by atoms with Crippen molar-refractivity contribution in [3.63, 3.8) is 0 Å². The van der Waals surface area contributed by atoms with Gasteiger partial charge in [-0.25, -0.2) is 0 Å². The van der Waals surface area contributed by atoms with Gasteiger partial charge in [0.1, 0.15) is 5.75 Å². The van der Waals surface area contributed by atoms with E-state index >= 15 is 0 Å². The summed E-state index contributed by atoms with van der Waals surface area (Å²) in [6, 6.07) is 3.12. The highest BCUT2D eigenvalue weighted by Gasteiger charge is 2.15. The van der Waals surface area contributed by atoms with Gasteiger partial charge < -0.3 is 15.2 Å². The summed E-state index contributed by atoms with van der Waals surface area (Å²) in [6.45, 7) is 4.57. The number of carbonyl (C=O) groups is 1. The van der Waals surface area contributed by atoms with Gasteiger partial charge in [0.25, 0.3) is 0 Å². The maximum absolute atomic E-state index is 11.3. The largest absolute Gasteiger partial charge is 0.492 e. The number of ether oxygens (including phenoxy) is 2. The average Bonchev–Trinajstić information content (AvgIpc) is 2.43. The van der Waals surface area contributed by atoms with Gasteiger partial charge in [0.15, 0.2) is 0 Å². The monoisotopic (exact) mass is 333 g/mol. The van der Waals surface area contributed by atoms with E-state index in [9.17, 15) is 4.79 Å². The van der Waals surface area contributed by atoms with E-state index in [0.717, 1.165) is 5.56 Å². The van der Waals surface area contributed by atoms with Crippen LogP contribution in [0.5, 0.6) is 5.75 Å². The molecule has 0 amide bonds. The van der Waals surface area contributed by atoms with Crippen molar-refractivity contribution in [1.29, 1.82) is 0 Å². The zero-order chi connectivity index (χ0) is 15.8. The predicted octanol–water partition coefficient (Wildman–Crippen LogP) is 4.13. The summed E-state index contributed by atoms with van der Waals surface area (Å²) in [7, 11) is 0. The lowest BCUT2D eigenvalue weighted by molar-refractivity contribution is -0.143. The van der Waals surface area contributed by atoms with Crippen LogP contribution >= 0.6 is 23.2 Å². The molecule has 1 atom stereocenters. The molecule has 118 valence electrons. The molecule has 0 aliphatic carbocycles. The second-order valence-corrected chi connectivity index (χ2v) is 5.36. The van der Waals surface area contributed by atoms with Crippen molar-refractivity contribution >= 4 is 29.2 Å². The Morgan fingerprint density at radius 2 is 1.95 bits per heavy atom. The Labute approximate surface area is 135 Å². The third-order valence-electron chi connectivity index (χ3n) is 2.95. The number of hydrogen-bond donors (Lipinski definition) is 1. The van der Waals surface area contributed by atoms with Crippen LogP contribution in [-0.4, -0.2) is 19.2 Å². The number of halogens is 2. The Kier molecular flexibility index (Phi) is 7.86. The van der Waals surface area contributed by atoms with Crippen LogP contribution in [0.4, 0.5) is 0 Å². The Bertz CT molecular complexity index is 480. The molecule has 1 rings (SSSR count). The molecule has 1 aromatic carbocycles. The van der Waals surface area contributed by atoms with E-state index in [2.05, 4.69) is 0 Å². The number of benzene rings is 1. The summed E-state index contributed by atoms with van der Waals surface area (Å²) in [5.74, 6) is 0.340. The minimum absolute atomic E-state index is 0.208. The van der Waals surface area contributed by atoms with Crippen molar-refractivity contribution in [2.24, 2.45) is 5.73 Å². The fraction of sp³-hybridized carbons (Fsp3) is 0.533. The highest BCUT2D eigenvalue weighted by molar-refractivity contribution is 6.34. The van der Waals surface area contributed by atoms with Crippen LogP contribution in [0.2, 0.25) is 10.0 Å². The van der Waals surface area contributed by atoms with E-state index in [4.69, 9.17) is 38.4 Å². The standard InChI is InChI=1S/C15H21Cl2NO3/c1-3-20-14-9-11(16)10(8-12(14)17)13(18)6-5-7-15(19)21-4-2/h8-9,13H,3-7,18H2,1-2H3. The fourth-order valence-electron chi connectivity index (χ4n) is 1.95. The van der Waals surface area contributed by atoms with Gasteiger partial charge >= 0.3 is 5.97 Å². The van der Waals surface area contributed by atoms with Crippen LogP contribution < -0.4 is 10.5 Å². The third-order valence-corrected chi connectivity index (χ3v) is 3.57. The smallest absolute Gasteiger partial charge is 0.305 e. The maximum atomic E-state index is 11.3. The highest BCUT2D eigenvalue weighted by Crippen LogP contribution is 2.34. The second-order valence-electron chi connectivity index (χ2n) is 4.54. The summed E-state index contributed by atoms with van der Waals surface area (Å²) in [5.41, 5.74) is 6.87. The molecule has 0 bridgehead atoms. The first kappa shape index (κ1) is 18.1.